The van der Waals surface area contributed by atoms with Crippen LogP contribution in [0.25, 0.3) is 0 Å². The molecule has 0 spiro atoms. The Kier molecular flexibility index (Phi) is 5.85. The molecule has 2 atom stereocenters. The molecule has 0 unspecified atom stereocenters. The number of piperidine rings is 1. The Morgan fingerprint density at radius 3 is 2.92 bits per heavy atom. The van der Waals surface area contributed by atoms with Crippen LogP contribution in [0.1, 0.15) is 35.1 Å². The lowest BCUT2D eigenvalue weighted by molar-refractivity contribution is 0.0347. The number of hydrogen-bond donors (Lipinski definition) is 2. The fraction of sp³-hybridized carbons (Fsp3) is 0.529. The number of carbonyl (C=O) groups is 1. The van der Waals surface area contributed by atoms with Crippen LogP contribution in [0.3, 0.4) is 0 Å². The number of aromatic nitrogens is 4. The largest absolute Gasteiger partial charge is 0.390 e. The van der Waals surface area contributed by atoms with Gasteiger partial charge in [0.05, 0.1) is 24.0 Å². The second-order valence-corrected chi connectivity index (χ2v) is 6.81. The van der Waals surface area contributed by atoms with Crippen LogP contribution < -0.4 is 5.32 Å². The molecule has 1 aliphatic heterocycles. The lowest BCUT2D eigenvalue weighted by Crippen LogP contribution is -2.53. The Hall–Kier alpha value is -2.03. The van der Waals surface area contributed by atoms with Gasteiger partial charge in [0.1, 0.15) is 10.8 Å². The van der Waals surface area contributed by atoms with Crippen molar-refractivity contribution in [1.29, 1.82) is 0 Å². The molecule has 0 saturated carbocycles. The first-order valence-electron chi connectivity index (χ1n) is 8.67. The number of halogens is 1. The van der Waals surface area contributed by atoms with Crippen LogP contribution >= 0.6 is 11.6 Å². The molecule has 140 valence electrons. The second-order valence-electron chi connectivity index (χ2n) is 6.45. The van der Waals surface area contributed by atoms with Crippen LogP contribution in [0.5, 0.6) is 0 Å². The van der Waals surface area contributed by atoms with Gasteiger partial charge in [-0.25, -0.2) is 4.98 Å². The molecule has 1 saturated heterocycles. The second kappa shape index (κ2) is 8.11. The number of likely N-dealkylation sites (tertiary alicyclic amines) is 1. The first-order valence-corrected chi connectivity index (χ1v) is 9.05. The molecule has 1 fully saturated rings. The molecule has 9 heteroatoms. The van der Waals surface area contributed by atoms with E-state index in [2.05, 4.69) is 25.3 Å². The number of hydrogen-bond acceptors (Lipinski definition) is 6. The van der Waals surface area contributed by atoms with Gasteiger partial charge in [-0.15, -0.1) is 0 Å². The Labute approximate surface area is 157 Å². The van der Waals surface area contributed by atoms with Crippen LogP contribution in [0.2, 0.25) is 5.15 Å². The summed E-state index contributed by atoms with van der Waals surface area (Å²) in [5.41, 5.74) is 2.23. The molecule has 26 heavy (non-hydrogen) atoms. The summed E-state index contributed by atoms with van der Waals surface area (Å²) in [5.74, 6) is -0.320. The predicted molar refractivity (Wildman–Crippen MR) is 96.8 cm³/mol. The van der Waals surface area contributed by atoms with Gasteiger partial charge in [0.15, 0.2) is 0 Å². The third kappa shape index (κ3) is 4.03. The Balaban J connectivity index is 1.59. The van der Waals surface area contributed by atoms with Gasteiger partial charge < -0.3 is 10.4 Å². The lowest BCUT2D eigenvalue weighted by Gasteiger charge is -2.36. The minimum atomic E-state index is -0.662. The van der Waals surface area contributed by atoms with Gasteiger partial charge in [-0.05, 0) is 12.8 Å². The first-order chi connectivity index (χ1) is 12.5. The van der Waals surface area contributed by atoms with Gasteiger partial charge in [-0.3, -0.25) is 19.4 Å². The number of nitrogens with zero attached hydrogens (tertiary/aromatic N) is 5. The highest BCUT2D eigenvalue weighted by atomic mass is 35.5. The topological polar surface area (TPSA) is 96.2 Å². The van der Waals surface area contributed by atoms with E-state index in [9.17, 15) is 9.90 Å². The molecule has 0 aromatic carbocycles. The normalized spacial score (nSPS) is 20.9. The van der Waals surface area contributed by atoms with Crippen molar-refractivity contribution in [2.75, 3.05) is 13.1 Å². The van der Waals surface area contributed by atoms with Crippen LogP contribution in [0.4, 0.5) is 0 Å². The average Bonchev–Trinajstić information content (AvgIpc) is 2.92. The van der Waals surface area contributed by atoms with Gasteiger partial charge in [-0.2, -0.15) is 5.10 Å². The number of β-amino-alcohol motifs (C(OH)–C–C–N with tert-alkyl or cyclic N) is 1. The summed E-state index contributed by atoms with van der Waals surface area (Å²) >= 11 is 6.36. The molecule has 1 amide bonds. The molecule has 2 aromatic rings. The van der Waals surface area contributed by atoms with E-state index in [1.54, 1.807) is 4.68 Å². The molecular formula is C17H23ClN6O2. The number of nitrogens with one attached hydrogen (secondary N) is 1. The standard InChI is InChI=1S/C17H23ClN6O2/c1-3-12-11(16(18)23(2)22-12)9-24-7-4-13(15(25)10-24)21-17(26)14-8-19-5-6-20-14/h5-6,8,13,15,25H,3-4,7,9-10H2,1-2H3,(H,21,26)/t13-,15-/m1/s1. The molecule has 0 bridgehead atoms. The van der Waals surface area contributed by atoms with E-state index in [1.165, 1.54) is 18.6 Å². The van der Waals surface area contributed by atoms with Crippen molar-refractivity contribution >= 4 is 17.5 Å². The van der Waals surface area contributed by atoms with Gasteiger partial charge in [0.2, 0.25) is 0 Å². The van der Waals surface area contributed by atoms with Crippen molar-refractivity contribution < 1.29 is 9.90 Å². The Morgan fingerprint density at radius 2 is 2.27 bits per heavy atom. The smallest absolute Gasteiger partial charge is 0.271 e. The SMILES string of the molecule is CCc1nn(C)c(Cl)c1CN1CC[C@@H](NC(=O)c2cnccn2)[C@H](O)C1. The third-order valence-electron chi connectivity index (χ3n) is 4.65. The third-order valence-corrected chi connectivity index (χ3v) is 5.12. The fourth-order valence-corrected chi connectivity index (χ4v) is 3.44. The highest BCUT2D eigenvalue weighted by Crippen LogP contribution is 2.23. The molecule has 3 heterocycles. The minimum absolute atomic E-state index is 0.247. The van der Waals surface area contributed by atoms with Crippen LogP contribution in [-0.2, 0) is 20.0 Å². The van der Waals surface area contributed by atoms with E-state index in [4.69, 9.17) is 11.6 Å². The molecule has 0 radical (unpaired) electrons. The van der Waals surface area contributed by atoms with E-state index in [0.29, 0.717) is 24.7 Å². The zero-order chi connectivity index (χ0) is 18.7. The Morgan fingerprint density at radius 1 is 1.46 bits per heavy atom. The summed E-state index contributed by atoms with van der Waals surface area (Å²) < 4.78 is 1.68. The average molecular weight is 379 g/mol. The fourth-order valence-electron chi connectivity index (χ4n) is 3.23. The van der Waals surface area contributed by atoms with Crippen molar-refractivity contribution in [3.63, 3.8) is 0 Å². The number of amides is 1. The van der Waals surface area contributed by atoms with Crippen molar-refractivity contribution in [1.82, 2.24) is 30.0 Å². The van der Waals surface area contributed by atoms with Crippen molar-refractivity contribution in [3.8, 4) is 0 Å². The number of aryl methyl sites for hydroxylation is 2. The molecule has 3 rings (SSSR count). The van der Waals surface area contributed by atoms with Gasteiger partial charge in [0, 0.05) is 44.6 Å². The quantitative estimate of drug-likeness (QED) is 0.798. The van der Waals surface area contributed by atoms with E-state index in [1.807, 2.05) is 14.0 Å². The van der Waals surface area contributed by atoms with Gasteiger partial charge in [0.25, 0.3) is 5.91 Å². The van der Waals surface area contributed by atoms with E-state index < -0.39 is 6.10 Å². The van der Waals surface area contributed by atoms with Gasteiger partial charge in [-0.1, -0.05) is 18.5 Å². The number of aliphatic hydroxyl groups excluding tert-OH is 1. The summed E-state index contributed by atoms with van der Waals surface area (Å²) in [6.07, 6.45) is 5.18. The van der Waals surface area contributed by atoms with E-state index in [0.717, 1.165) is 24.2 Å². The maximum absolute atomic E-state index is 12.2. The van der Waals surface area contributed by atoms with Gasteiger partial charge >= 0.3 is 0 Å². The van der Waals surface area contributed by atoms with E-state index >= 15 is 0 Å². The number of carbonyl (C=O) groups excluding carboxylic acids is 1. The lowest BCUT2D eigenvalue weighted by atomic mass is 10.0. The molecule has 2 aromatic heterocycles. The zero-order valence-corrected chi connectivity index (χ0v) is 15.6. The summed E-state index contributed by atoms with van der Waals surface area (Å²) in [6.45, 7) is 3.89. The molecular weight excluding hydrogens is 356 g/mol. The summed E-state index contributed by atoms with van der Waals surface area (Å²) in [7, 11) is 1.83. The molecule has 8 nitrogen and oxygen atoms in total. The van der Waals surface area contributed by atoms with E-state index in [-0.39, 0.29) is 17.6 Å². The molecule has 1 aliphatic rings. The van der Waals surface area contributed by atoms with Crippen molar-refractivity contribution in [2.24, 2.45) is 7.05 Å². The highest BCUT2D eigenvalue weighted by molar-refractivity contribution is 6.30. The van der Waals surface area contributed by atoms with Crippen LogP contribution in [0.15, 0.2) is 18.6 Å². The first kappa shape index (κ1) is 18.8. The predicted octanol–water partition coefficient (Wildman–Crippen LogP) is 0.791. The molecule has 2 N–H and O–H groups in total. The summed E-state index contributed by atoms with van der Waals surface area (Å²) in [4.78, 5) is 22.2. The monoisotopic (exact) mass is 378 g/mol. The zero-order valence-electron chi connectivity index (χ0n) is 14.9. The minimum Gasteiger partial charge on any atom is -0.390 e. The number of rotatable bonds is 5. The van der Waals surface area contributed by atoms with Crippen molar-refractivity contribution in [3.05, 3.63) is 40.7 Å². The highest BCUT2D eigenvalue weighted by Gasteiger charge is 2.30. The maximum Gasteiger partial charge on any atom is 0.271 e. The Bertz CT molecular complexity index is 766. The summed E-state index contributed by atoms with van der Waals surface area (Å²) in [6, 6.07) is -0.309. The van der Waals surface area contributed by atoms with Crippen LogP contribution in [0, 0.1) is 0 Å². The molecule has 0 aliphatic carbocycles. The maximum atomic E-state index is 12.2. The van der Waals surface area contributed by atoms with Crippen LogP contribution in [-0.4, -0.2) is 60.9 Å². The number of aliphatic hydroxyl groups is 1. The summed E-state index contributed by atoms with van der Waals surface area (Å²) in [5, 5.41) is 18.4. The van der Waals surface area contributed by atoms with Crippen molar-refractivity contribution in [2.45, 2.75) is 38.5 Å².